The van der Waals surface area contributed by atoms with Gasteiger partial charge in [0.15, 0.2) is 0 Å². The zero-order chi connectivity index (χ0) is 11.9. The summed E-state index contributed by atoms with van der Waals surface area (Å²) in [6.07, 6.45) is 12.0. The summed E-state index contributed by atoms with van der Waals surface area (Å²) in [7, 11) is 0. The molecule has 0 spiro atoms. The highest BCUT2D eigenvalue weighted by Gasteiger charge is 2.33. The van der Waals surface area contributed by atoms with Gasteiger partial charge < -0.3 is 11.1 Å². The zero-order valence-electron chi connectivity index (χ0n) is 11.0. The van der Waals surface area contributed by atoms with E-state index in [1.54, 1.807) is 0 Å². The number of nitrogens with two attached hydrogens (primary N) is 1. The first kappa shape index (κ1) is 13.7. The molecule has 1 aliphatic rings. The van der Waals surface area contributed by atoms with E-state index in [0.717, 1.165) is 25.4 Å². The van der Waals surface area contributed by atoms with Gasteiger partial charge in [-0.3, -0.25) is 0 Å². The maximum absolute atomic E-state index is 5.99. The minimum atomic E-state index is 0.237. The summed E-state index contributed by atoms with van der Waals surface area (Å²) < 4.78 is 0. The van der Waals surface area contributed by atoms with Crippen LogP contribution >= 0.6 is 0 Å². The van der Waals surface area contributed by atoms with Crippen LogP contribution in [0.2, 0.25) is 0 Å². The Morgan fingerprint density at radius 1 is 1.50 bits per heavy atom. The van der Waals surface area contributed by atoms with Gasteiger partial charge in [-0.1, -0.05) is 38.3 Å². The molecule has 0 radical (unpaired) electrons. The van der Waals surface area contributed by atoms with E-state index >= 15 is 0 Å². The fraction of sp³-hybridized carbons (Fsp3) is 0.857. The molecule has 0 heterocycles. The quantitative estimate of drug-likeness (QED) is 0.538. The Hall–Kier alpha value is -0.340. The van der Waals surface area contributed by atoms with Gasteiger partial charge in [0.05, 0.1) is 0 Å². The summed E-state index contributed by atoms with van der Waals surface area (Å²) >= 11 is 0. The van der Waals surface area contributed by atoms with Crippen molar-refractivity contribution in [1.82, 2.24) is 5.32 Å². The van der Waals surface area contributed by atoms with E-state index in [2.05, 4.69) is 31.3 Å². The number of hydrogen-bond acceptors (Lipinski definition) is 2. The fourth-order valence-electron chi connectivity index (χ4n) is 2.84. The van der Waals surface area contributed by atoms with Gasteiger partial charge in [-0.25, -0.2) is 0 Å². The Morgan fingerprint density at radius 3 is 2.94 bits per heavy atom. The zero-order valence-corrected chi connectivity index (χ0v) is 11.0. The first-order valence-corrected chi connectivity index (χ1v) is 6.82. The van der Waals surface area contributed by atoms with Crippen molar-refractivity contribution >= 4 is 0 Å². The van der Waals surface area contributed by atoms with E-state index in [1.807, 2.05) is 0 Å². The van der Waals surface area contributed by atoms with Gasteiger partial charge in [-0.15, -0.1) is 0 Å². The van der Waals surface area contributed by atoms with E-state index in [1.165, 1.54) is 32.1 Å². The Bertz CT molecular complexity index is 213. The minimum absolute atomic E-state index is 0.237. The second-order valence-electron chi connectivity index (χ2n) is 5.14. The molecule has 16 heavy (non-hydrogen) atoms. The summed E-state index contributed by atoms with van der Waals surface area (Å²) in [6, 6.07) is 0. The van der Waals surface area contributed by atoms with Crippen molar-refractivity contribution in [3.63, 3.8) is 0 Å². The lowest BCUT2D eigenvalue weighted by Gasteiger charge is -2.41. The summed E-state index contributed by atoms with van der Waals surface area (Å²) in [5, 5.41) is 3.71. The molecule has 0 bridgehead atoms. The number of rotatable bonds is 6. The van der Waals surface area contributed by atoms with Crippen LogP contribution in [-0.4, -0.2) is 18.6 Å². The Labute approximate surface area is 101 Å². The molecule has 0 aromatic heterocycles. The smallest absolute Gasteiger partial charge is 0.0306 e. The van der Waals surface area contributed by atoms with Crippen LogP contribution in [-0.2, 0) is 0 Å². The lowest BCUT2D eigenvalue weighted by Crippen LogP contribution is -2.54. The Morgan fingerprint density at radius 2 is 2.31 bits per heavy atom. The van der Waals surface area contributed by atoms with Crippen molar-refractivity contribution in [2.45, 2.75) is 57.9 Å². The predicted molar refractivity (Wildman–Crippen MR) is 71.5 cm³/mol. The Kier molecular flexibility index (Phi) is 6.07. The second kappa shape index (κ2) is 7.08. The molecule has 0 aromatic rings. The third-order valence-corrected chi connectivity index (χ3v) is 3.96. The van der Waals surface area contributed by atoms with Crippen LogP contribution < -0.4 is 11.1 Å². The van der Waals surface area contributed by atoms with Crippen LogP contribution in [0.5, 0.6) is 0 Å². The molecule has 1 rings (SSSR count). The molecule has 0 saturated heterocycles. The highest BCUT2D eigenvalue weighted by Crippen LogP contribution is 2.33. The first-order chi connectivity index (χ1) is 7.76. The van der Waals surface area contributed by atoms with Gasteiger partial charge in [-0.05, 0) is 38.6 Å². The minimum Gasteiger partial charge on any atom is -0.329 e. The molecular weight excluding hydrogens is 196 g/mol. The maximum atomic E-state index is 5.99. The molecule has 94 valence electrons. The molecule has 0 aliphatic heterocycles. The van der Waals surface area contributed by atoms with Crippen LogP contribution in [0.1, 0.15) is 52.4 Å². The second-order valence-corrected chi connectivity index (χ2v) is 5.14. The van der Waals surface area contributed by atoms with Gasteiger partial charge in [0.2, 0.25) is 0 Å². The highest BCUT2D eigenvalue weighted by atomic mass is 15.0. The average molecular weight is 224 g/mol. The lowest BCUT2D eigenvalue weighted by atomic mass is 9.74. The molecule has 1 fully saturated rings. The first-order valence-electron chi connectivity index (χ1n) is 6.82. The monoisotopic (exact) mass is 224 g/mol. The third-order valence-electron chi connectivity index (χ3n) is 3.96. The van der Waals surface area contributed by atoms with Crippen LogP contribution in [0, 0.1) is 5.92 Å². The topological polar surface area (TPSA) is 38.0 Å². The van der Waals surface area contributed by atoms with Crippen molar-refractivity contribution in [2.24, 2.45) is 11.7 Å². The summed E-state index contributed by atoms with van der Waals surface area (Å²) in [5.74, 6) is 0.881. The van der Waals surface area contributed by atoms with Crippen molar-refractivity contribution < 1.29 is 0 Å². The summed E-state index contributed by atoms with van der Waals surface area (Å²) in [6.45, 7) is 6.24. The van der Waals surface area contributed by atoms with E-state index in [9.17, 15) is 0 Å². The van der Waals surface area contributed by atoms with Gasteiger partial charge >= 0.3 is 0 Å². The van der Waals surface area contributed by atoms with Crippen LogP contribution in [0.25, 0.3) is 0 Å². The fourth-order valence-corrected chi connectivity index (χ4v) is 2.84. The van der Waals surface area contributed by atoms with Crippen LogP contribution in [0.3, 0.4) is 0 Å². The van der Waals surface area contributed by atoms with E-state index in [0.29, 0.717) is 0 Å². The van der Waals surface area contributed by atoms with Gasteiger partial charge in [-0.2, -0.15) is 0 Å². The highest BCUT2D eigenvalue weighted by molar-refractivity contribution is 4.95. The summed E-state index contributed by atoms with van der Waals surface area (Å²) in [5.41, 5.74) is 6.23. The molecule has 1 aliphatic carbocycles. The van der Waals surface area contributed by atoms with Crippen molar-refractivity contribution in [2.75, 3.05) is 13.1 Å². The molecule has 1 saturated carbocycles. The maximum Gasteiger partial charge on any atom is 0.0306 e. The van der Waals surface area contributed by atoms with Crippen molar-refractivity contribution in [3.05, 3.63) is 12.2 Å². The standard InChI is InChI=1S/C14H28N2/c1-3-5-6-10-16-14(12-15)9-7-8-13(4-2)11-14/h3,5,13,16H,4,6-12,15H2,1-2H3/b5-3+. The van der Waals surface area contributed by atoms with Gasteiger partial charge in [0.1, 0.15) is 0 Å². The Balaban J connectivity index is 2.42. The molecule has 2 heteroatoms. The normalized spacial score (nSPS) is 31.1. The van der Waals surface area contributed by atoms with E-state index in [-0.39, 0.29) is 5.54 Å². The molecule has 0 amide bonds. The van der Waals surface area contributed by atoms with E-state index < -0.39 is 0 Å². The lowest BCUT2D eigenvalue weighted by molar-refractivity contribution is 0.182. The third kappa shape index (κ3) is 3.91. The number of hydrogen-bond donors (Lipinski definition) is 2. The molecule has 2 nitrogen and oxygen atoms in total. The van der Waals surface area contributed by atoms with Gasteiger partial charge in [0.25, 0.3) is 0 Å². The number of allylic oxidation sites excluding steroid dienone is 1. The number of nitrogens with one attached hydrogen (secondary N) is 1. The molecule has 2 atom stereocenters. The molecule has 2 unspecified atom stereocenters. The molecule has 0 aromatic carbocycles. The largest absolute Gasteiger partial charge is 0.329 e. The molecule has 3 N–H and O–H groups in total. The SMILES string of the molecule is C/C=C/CCNC1(CN)CCCC(CC)C1. The molecular formula is C14H28N2. The van der Waals surface area contributed by atoms with E-state index in [4.69, 9.17) is 5.73 Å². The van der Waals surface area contributed by atoms with Gasteiger partial charge in [0, 0.05) is 12.1 Å². The van der Waals surface area contributed by atoms with Crippen LogP contribution in [0.4, 0.5) is 0 Å². The van der Waals surface area contributed by atoms with Crippen molar-refractivity contribution in [3.8, 4) is 0 Å². The average Bonchev–Trinajstić information content (AvgIpc) is 2.35. The van der Waals surface area contributed by atoms with Crippen molar-refractivity contribution in [1.29, 1.82) is 0 Å². The van der Waals surface area contributed by atoms with Crippen LogP contribution in [0.15, 0.2) is 12.2 Å². The summed E-state index contributed by atoms with van der Waals surface area (Å²) in [4.78, 5) is 0. The predicted octanol–water partition coefficient (Wildman–Crippen LogP) is 2.84.